The molecule has 0 spiro atoms. The molecule has 202 valence electrons. The molecule has 2 unspecified atom stereocenters. The standard InChI is InChI=1S/C30H43N3O4/c1-9-15-33(28(35)25(20(2)3)32-29(36)37-30(6,7)8)26(24-17-21(4)16-22(5)18-24)27(34)31-19-23-13-11-10-12-14-23/h10-14,16-18,20,25-26H,9,15,19H2,1-8H3,(H,31,34)(H,32,36). The molecule has 7 nitrogen and oxygen atoms in total. The Hall–Kier alpha value is -3.35. The number of benzene rings is 2. The van der Waals surface area contributed by atoms with Crippen LogP contribution in [0.15, 0.2) is 48.5 Å². The van der Waals surface area contributed by atoms with Crippen molar-refractivity contribution >= 4 is 17.9 Å². The van der Waals surface area contributed by atoms with E-state index < -0.39 is 23.8 Å². The Bertz CT molecular complexity index is 1040. The second-order valence-electron chi connectivity index (χ2n) is 10.9. The third-order valence-electron chi connectivity index (χ3n) is 5.78. The molecule has 0 aromatic heterocycles. The van der Waals surface area contributed by atoms with Crippen molar-refractivity contribution in [2.75, 3.05) is 6.54 Å². The van der Waals surface area contributed by atoms with Gasteiger partial charge in [-0.15, -0.1) is 0 Å². The first-order chi connectivity index (χ1) is 17.3. The maximum atomic E-state index is 14.0. The summed E-state index contributed by atoms with van der Waals surface area (Å²) in [6.45, 7) is 15.7. The summed E-state index contributed by atoms with van der Waals surface area (Å²) in [5.41, 5.74) is 3.02. The molecule has 0 aliphatic carbocycles. The maximum Gasteiger partial charge on any atom is 0.408 e. The van der Waals surface area contributed by atoms with E-state index in [-0.39, 0.29) is 17.7 Å². The lowest BCUT2D eigenvalue weighted by atomic mass is 9.96. The van der Waals surface area contributed by atoms with Crippen LogP contribution in [0, 0.1) is 19.8 Å². The largest absolute Gasteiger partial charge is 0.444 e. The van der Waals surface area contributed by atoms with E-state index in [0.717, 1.165) is 22.3 Å². The van der Waals surface area contributed by atoms with E-state index in [4.69, 9.17) is 4.74 Å². The highest BCUT2D eigenvalue weighted by atomic mass is 16.6. The van der Waals surface area contributed by atoms with Gasteiger partial charge in [0.05, 0.1) is 0 Å². The molecule has 0 saturated carbocycles. The van der Waals surface area contributed by atoms with Gasteiger partial charge >= 0.3 is 6.09 Å². The second kappa shape index (κ2) is 13.3. The third-order valence-corrected chi connectivity index (χ3v) is 5.78. The summed E-state index contributed by atoms with van der Waals surface area (Å²) in [7, 11) is 0. The topological polar surface area (TPSA) is 87.7 Å². The molecule has 7 heteroatoms. The van der Waals surface area contributed by atoms with Crippen molar-refractivity contribution in [1.29, 1.82) is 0 Å². The van der Waals surface area contributed by atoms with Crippen LogP contribution in [0.3, 0.4) is 0 Å². The van der Waals surface area contributed by atoms with Crippen molar-refractivity contribution < 1.29 is 19.1 Å². The molecule has 0 heterocycles. The summed E-state index contributed by atoms with van der Waals surface area (Å²) in [6, 6.07) is 13.9. The number of amides is 3. The fraction of sp³-hybridized carbons (Fsp3) is 0.500. The van der Waals surface area contributed by atoms with Gasteiger partial charge in [-0.1, -0.05) is 80.4 Å². The molecule has 2 aromatic carbocycles. The van der Waals surface area contributed by atoms with Gasteiger partial charge in [0.15, 0.2) is 0 Å². The predicted molar refractivity (Wildman–Crippen MR) is 147 cm³/mol. The van der Waals surface area contributed by atoms with Crippen molar-refractivity contribution in [3.05, 3.63) is 70.8 Å². The van der Waals surface area contributed by atoms with Crippen LogP contribution in [0.4, 0.5) is 4.79 Å². The Morgan fingerprint density at radius 2 is 1.57 bits per heavy atom. The number of hydrogen-bond acceptors (Lipinski definition) is 4. The average Bonchev–Trinajstić information content (AvgIpc) is 2.79. The van der Waals surface area contributed by atoms with Crippen molar-refractivity contribution in [3.63, 3.8) is 0 Å². The highest BCUT2D eigenvalue weighted by Gasteiger charge is 2.37. The normalized spacial score (nSPS) is 13.0. The lowest BCUT2D eigenvalue weighted by molar-refractivity contribution is -0.143. The van der Waals surface area contributed by atoms with Crippen LogP contribution in [0.1, 0.15) is 76.3 Å². The van der Waals surface area contributed by atoms with Crippen molar-refractivity contribution in [1.82, 2.24) is 15.5 Å². The van der Waals surface area contributed by atoms with Gasteiger partial charge in [0, 0.05) is 13.1 Å². The quantitative estimate of drug-likeness (QED) is 0.446. The molecule has 0 bridgehead atoms. The van der Waals surface area contributed by atoms with Gasteiger partial charge in [-0.25, -0.2) is 4.79 Å². The Kier molecular flexibility index (Phi) is 10.7. The summed E-state index contributed by atoms with van der Waals surface area (Å²) in [5.74, 6) is -0.802. The van der Waals surface area contributed by atoms with E-state index in [1.165, 1.54) is 0 Å². The molecule has 2 aromatic rings. The molecule has 3 amide bonds. The zero-order valence-corrected chi connectivity index (χ0v) is 23.6. The Balaban J connectivity index is 2.46. The number of nitrogens with zero attached hydrogens (tertiary/aromatic N) is 1. The highest BCUT2D eigenvalue weighted by molar-refractivity contribution is 5.92. The number of carbonyl (C=O) groups is 3. The molecular weight excluding hydrogens is 466 g/mol. The zero-order chi connectivity index (χ0) is 27.8. The molecule has 37 heavy (non-hydrogen) atoms. The highest BCUT2D eigenvalue weighted by Crippen LogP contribution is 2.26. The monoisotopic (exact) mass is 509 g/mol. The first-order valence-electron chi connectivity index (χ1n) is 13.0. The maximum absolute atomic E-state index is 14.0. The SMILES string of the molecule is CCCN(C(=O)C(NC(=O)OC(C)(C)C)C(C)C)C(C(=O)NCc1ccccc1)c1cc(C)cc(C)c1. The fourth-order valence-electron chi connectivity index (χ4n) is 4.26. The van der Waals surface area contributed by atoms with E-state index in [0.29, 0.717) is 19.5 Å². The number of ether oxygens (including phenoxy) is 1. The first kappa shape index (κ1) is 29.9. The molecule has 0 radical (unpaired) electrons. The van der Waals surface area contributed by atoms with E-state index in [1.807, 2.05) is 83.1 Å². The summed E-state index contributed by atoms with van der Waals surface area (Å²) in [4.78, 5) is 42.0. The molecule has 2 atom stereocenters. The van der Waals surface area contributed by atoms with Crippen molar-refractivity contribution in [2.45, 2.75) is 86.0 Å². The van der Waals surface area contributed by atoms with Crippen molar-refractivity contribution in [2.24, 2.45) is 5.92 Å². The Morgan fingerprint density at radius 3 is 2.08 bits per heavy atom. The van der Waals surface area contributed by atoms with E-state index >= 15 is 0 Å². The van der Waals surface area contributed by atoms with Crippen LogP contribution < -0.4 is 10.6 Å². The smallest absolute Gasteiger partial charge is 0.408 e. The summed E-state index contributed by atoms with van der Waals surface area (Å²) in [5, 5.41) is 5.78. The molecule has 2 rings (SSSR count). The predicted octanol–water partition coefficient (Wildman–Crippen LogP) is 5.45. The number of alkyl carbamates (subject to hydrolysis) is 1. The van der Waals surface area contributed by atoms with Crippen LogP contribution in [0.5, 0.6) is 0 Å². The summed E-state index contributed by atoms with van der Waals surface area (Å²) < 4.78 is 5.42. The number of aryl methyl sites for hydroxylation is 2. The Labute approximate surface area is 222 Å². The van der Waals surface area contributed by atoms with Crippen LogP contribution in [0.2, 0.25) is 0 Å². The minimum absolute atomic E-state index is 0.216. The van der Waals surface area contributed by atoms with Gasteiger partial charge in [0.25, 0.3) is 0 Å². The van der Waals surface area contributed by atoms with Gasteiger partial charge in [-0.2, -0.15) is 0 Å². The number of carbonyl (C=O) groups excluding carboxylic acids is 3. The first-order valence-corrected chi connectivity index (χ1v) is 13.0. The minimum atomic E-state index is -0.851. The summed E-state index contributed by atoms with van der Waals surface area (Å²) >= 11 is 0. The molecule has 0 aliphatic rings. The lowest BCUT2D eigenvalue weighted by Crippen LogP contribution is -2.55. The number of hydrogen-bond donors (Lipinski definition) is 2. The second-order valence-corrected chi connectivity index (χ2v) is 10.9. The lowest BCUT2D eigenvalue weighted by Gasteiger charge is -2.35. The zero-order valence-electron chi connectivity index (χ0n) is 23.6. The van der Waals surface area contributed by atoms with Gasteiger partial charge in [0.2, 0.25) is 11.8 Å². The van der Waals surface area contributed by atoms with E-state index in [1.54, 1.807) is 25.7 Å². The van der Waals surface area contributed by atoms with Gasteiger partial charge in [0.1, 0.15) is 17.7 Å². The summed E-state index contributed by atoms with van der Waals surface area (Å²) in [6.07, 6.45) is -0.0107. The van der Waals surface area contributed by atoms with E-state index in [2.05, 4.69) is 10.6 Å². The Morgan fingerprint density at radius 1 is 0.973 bits per heavy atom. The van der Waals surface area contributed by atoms with Crippen molar-refractivity contribution in [3.8, 4) is 0 Å². The number of rotatable bonds is 10. The fourth-order valence-corrected chi connectivity index (χ4v) is 4.26. The van der Waals surface area contributed by atoms with Gasteiger partial charge in [-0.3, -0.25) is 9.59 Å². The minimum Gasteiger partial charge on any atom is -0.444 e. The van der Waals surface area contributed by atoms with E-state index in [9.17, 15) is 14.4 Å². The molecule has 0 fully saturated rings. The molecule has 0 aliphatic heterocycles. The van der Waals surface area contributed by atoms with Crippen LogP contribution in [-0.2, 0) is 20.9 Å². The molecule has 0 saturated heterocycles. The van der Waals surface area contributed by atoms with Crippen LogP contribution in [0.25, 0.3) is 0 Å². The average molecular weight is 510 g/mol. The molecule has 2 N–H and O–H groups in total. The van der Waals surface area contributed by atoms with Gasteiger partial charge < -0.3 is 20.3 Å². The number of nitrogens with one attached hydrogen (secondary N) is 2. The molecular formula is C30H43N3O4. The third kappa shape index (κ3) is 9.23. The van der Waals surface area contributed by atoms with Crippen LogP contribution >= 0.6 is 0 Å². The van der Waals surface area contributed by atoms with Crippen LogP contribution in [-0.4, -0.2) is 41.0 Å². The van der Waals surface area contributed by atoms with Gasteiger partial charge in [-0.05, 0) is 58.1 Å².